The highest BCUT2D eigenvalue weighted by atomic mass is 16.6. The number of rotatable bonds is 9. The minimum Gasteiger partial charge on any atom is -0.462 e. The van der Waals surface area contributed by atoms with E-state index in [2.05, 4.69) is 37.3 Å². The van der Waals surface area contributed by atoms with E-state index >= 15 is 0 Å². The molecular formula is C19H28O3. The number of ether oxygens (including phenoxy) is 2. The summed E-state index contributed by atoms with van der Waals surface area (Å²) in [6.45, 7) is 7.32. The molecule has 0 amide bonds. The molecule has 3 heteroatoms. The standard InChI is InChI=1S/C19H28O3/c1-4-15(16-9-6-5-7-10-16)11-8-12-19(2,3)18(20)22-14-17-13-21-17/h5-7,9-10,15,17H,4,8,11-14H2,1-3H3. The lowest BCUT2D eigenvalue weighted by atomic mass is 9.84. The molecule has 1 aliphatic rings. The largest absolute Gasteiger partial charge is 0.462 e. The molecule has 1 aromatic carbocycles. The van der Waals surface area contributed by atoms with Crippen LogP contribution in [0.3, 0.4) is 0 Å². The Balaban J connectivity index is 1.76. The van der Waals surface area contributed by atoms with Crippen LogP contribution < -0.4 is 0 Å². The van der Waals surface area contributed by atoms with Gasteiger partial charge in [-0.15, -0.1) is 0 Å². The minimum absolute atomic E-state index is 0.101. The maximum Gasteiger partial charge on any atom is 0.311 e. The first kappa shape index (κ1) is 17.0. The van der Waals surface area contributed by atoms with Crippen LogP contribution in [0.5, 0.6) is 0 Å². The first-order valence-electron chi connectivity index (χ1n) is 8.36. The molecule has 2 rings (SSSR count). The van der Waals surface area contributed by atoms with E-state index in [1.54, 1.807) is 0 Å². The van der Waals surface area contributed by atoms with Crippen LogP contribution in [0.4, 0.5) is 0 Å². The van der Waals surface area contributed by atoms with E-state index in [4.69, 9.17) is 9.47 Å². The fraction of sp³-hybridized carbons (Fsp3) is 0.632. The SMILES string of the molecule is CCC(CCCC(C)(C)C(=O)OCC1CO1)c1ccccc1. The molecule has 0 aliphatic carbocycles. The number of hydrogen-bond donors (Lipinski definition) is 0. The first-order valence-corrected chi connectivity index (χ1v) is 8.36. The van der Waals surface area contributed by atoms with Gasteiger partial charge in [-0.05, 0) is 44.6 Å². The molecule has 0 spiro atoms. The Morgan fingerprint density at radius 2 is 2.05 bits per heavy atom. The molecule has 0 bridgehead atoms. The third-order valence-electron chi connectivity index (χ3n) is 4.47. The van der Waals surface area contributed by atoms with Gasteiger partial charge < -0.3 is 9.47 Å². The number of carbonyl (C=O) groups is 1. The summed E-state index contributed by atoms with van der Waals surface area (Å²) >= 11 is 0. The van der Waals surface area contributed by atoms with E-state index in [0.29, 0.717) is 12.5 Å². The highest BCUT2D eigenvalue weighted by Crippen LogP contribution is 2.30. The molecular weight excluding hydrogens is 276 g/mol. The Morgan fingerprint density at radius 3 is 2.64 bits per heavy atom. The lowest BCUT2D eigenvalue weighted by molar-refractivity contribution is -0.154. The summed E-state index contributed by atoms with van der Waals surface area (Å²) in [4.78, 5) is 12.1. The minimum atomic E-state index is -0.413. The summed E-state index contributed by atoms with van der Waals surface area (Å²) < 4.78 is 10.4. The van der Waals surface area contributed by atoms with Gasteiger partial charge in [-0.3, -0.25) is 4.79 Å². The summed E-state index contributed by atoms with van der Waals surface area (Å²) in [7, 11) is 0. The smallest absolute Gasteiger partial charge is 0.311 e. The zero-order chi connectivity index (χ0) is 16.0. The Kier molecular flexibility index (Phi) is 6.01. The Morgan fingerprint density at radius 1 is 1.36 bits per heavy atom. The topological polar surface area (TPSA) is 38.8 Å². The van der Waals surface area contributed by atoms with E-state index in [-0.39, 0.29) is 12.1 Å². The predicted octanol–water partition coefficient (Wildman–Crippen LogP) is 4.32. The van der Waals surface area contributed by atoms with Crippen molar-refractivity contribution in [1.29, 1.82) is 0 Å². The van der Waals surface area contributed by atoms with Crippen LogP contribution in [-0.4, -0.2) is 25.3 Å². The van der Waals surface area contributed by atoms with Crippen molar-refractivity contribution in [2.24, 2.45) is 5.41 Å². The molecule has 2 unspecified atom stereocenters. The van der Waals surface area contributed by atoms with E-state index in [1.165, 1.54) is 5.56 Å². The van der Waals surface area contributed by atoms with Crippen LogP contribution in [0.15, 0.2) is 30.3 Å². The Hall–Kier alpha value is -1.35. The van der Waals surface area contributed by atoms with Gasteiger partial charge in [0.25, 0.3) is 0 Å². The molecule has 0 radical (unpaired) electrons. The van der Waals surface area contributed by atoms with E-state index in [0.717, 1.165) is 32.3 Å². The fourth-order valence-corrected chi connectivity index (χ4v) is 2.75. The maximum atomic E-state index is 12.1. The van der Waals surface area contributed by atoms with Gasteiger partial charge in [0, 0.05) is 0 Å². The van der Waals surface area contributed by atoms with Crippen LogP contribution in [-0.2, 0) is 14.3 Å². The van der Waals surface area contributed by atoms with E-state index in [1.807, 2.05) is 13.8 Å². The number of epoxide rings is 1. The van der Waals surface area contributed by atoms with Gasteiger partial charge in [-0.25, -0.2) is 0 Å². The predicted molar refractivity (Wildman–Crippen MR) is 87.8 cm³/mol. The number of carbonyl (C=O) groups excluding carboxylic acids is 1. The van der Waals surface area contributed by atoms with Crippen LogP contribution in [0, 0.1) is 5.41 Å². The molecule has 122 valence electrons. The average Bonchev–Trinajstić information content (AvgIpc) is 3.34. The summed E-state index contributed by atoms with van der Waals surface area (Å²) in [5.41, 5.74) is 0.986. The van der Waals surface area contributed by atoms with E-state index in [9.17, 15) is 4.79 Å². The number of benzene rings is 1. The Bertz CT molecular complexity index is 463. The van der Waals surface area contributed by atoms with E-state index < -0.39 is 5.41 Å². The molecule has 1 aromatic rings. The summed E-state index contributed by atoms with van der Waals surface area (Å²) in [5.74, 6) is 0.476. The van der Waals surface area contributed by atoms with Crippen molar-refractivity contribution in [1.82, 2.24) is 0 Å². The highest BCUT2D eigenvalue weighted by Gasteiger charge is 2.32. The summed E-state index contributed by atoms with van der Waals surface area (Å²) in [6, 6.07) is 10.6. The number of esters is 1. The van der Waals surface area contributed by atoms with Crippen LogP contribution in [0.1, 0.15) is 57.9 Å². The summed E-state index contributed by atoms with van der Waals surface area (Å²) in [5, 5.41) is 0. The van der Waals surface area contributed by atoms with Gasteiger partial charge >= 0.3 is 5.97 Å². The zero-order valence-corrected chi connectivity index (χ0v) is 14.0. The third-order valence-corrected chi connectivity index (χ3v) is 4.47. The molecule has 1 heterocycles. The molecule has 1 aliphatic heterocycles. The molecule has 0 N–H and O–H groups in total. The molecule has 1 fully saturated rings. The second-order valence-electron chi connectivity index (χ2n) is 6.85. The molecule has 22 heavy (non-hydrogen) atoms. The lowest BCUT2D eigenvalue weighted by Crippen LogP contribution is -2.28. The monoisotopic (exact) mass is 304 g/mol. The summed E-state index contributed by atoms with van der Waals surface area (Å²) in [6.07, 6.45) is 4.29. The van der Waals surface area contributed by atoms with Crippen molar-refractivity contribution in [3.63, 3.8) is 0 Å². The highest BCUT2D eigenvalue weighted by molar-refractivity contribution is 5.75. The molecule has 0 aromatic heterocycles. The van der Waals surface area contributed by atoms with Crippen molar-refractivity contribution >= 4 is 5.97 Å². The lowest BCUT2D eigenvalue weighted by Gasteiger charge is -2.23. The third kappa shape index (κ3) is 5.13. The van der Waals surface area contributed by atoms with Crippen LogP contribution >= 0.6 is 0 Å². The maximum absolute atomic E-state index is 12.1. The second kappa shape index (κ2) is 7.77. The Labute approximate surface area is 134 Å². The van der Waals surface area contributed by atoms with Crippen molar-refractivity contribution in [2.45, 2.75) is 58.5 Å². The normalized spacial score (nSPS) is 18.8. The quantitative estimate of drug-likeness (QED) is 0.504. The molecule has 3 nitrogen and oxygen atoms in total. The van der Waals surface area contributed by atoms with Crippen LogP contribution in [0.2, 0.25) is 0 Å². The van der Waals surface area contributed by atoms with Gasteiger partial charge in [0.15, 0.2) is 0 Å². The first-order chi connectivity index (χ1) is 10.5. The van der Waals surface area contributed by atoms with Gasteiger partial charge in [0.05, 0.1) is 12.0 Å². The average molecular weight is 304 g/mol. The molecule has 1 saturated heterocycles. The van der Waals surface area contributed by atoms with Crippen molar-refractivity contribution in [3.8, 4) is 0 Å². The van der Waals surface area contributed by atoms with Gasteiger partial charge in [-0.1, -0.05) is 43.7 Å². The molecule has 2 atom stereocenters. The van der Waals surface area contributed by atoms with Gasteiger partial charge in [0.1, 0.15) is 12.7 Å². The second-order valence-corrected chi connectivity index (χ2v) is 6.85. The zero-order valence-electron chi connectivity index (χ0n) is 14.0. The van der Waals surface area contributed by atoms with Gasteiger partial charge in [0.2, 0.25) is 0 Å². The fourth-order valence-electron chi connectivity index (χ4n) is 2.75. The van der Waals surface area contributed by atoms with Crippen molar-refractivity contribution < 1.29 is 14.3 Å². The van der Waals surface area contributed by atoms with Gasteiger partial charge in [-0.2, -0.15) is 0 Å². The molecule has 0 saturated carbocycles. The van der Waals surface area contributed by atoms with Crippen LogP contribution in [0.25, 0.3) is 0 Å². The number of hydrogen-bond acceptors (Lipinski definition) is 3. The van der Waals surface area contributed by atoms with Crippen molar-refractivity contribution in [2.75, 3.05) is 13.2 Å². The van der Waals surface area contributed by atoms with Crippen molar-refractivity contribution in [3.05, 3.63) is 35.9 Å².